The van der Waals surface area contributed by atoms with E-state index >= 15 is 0 Å². The number of benzene rings is 1. The summed E-state index contributed by atoms with van der Waals surface area (Å²) in [6, 6.07) is 7.10. The van der Waals surface area contributed by atoms with E-state index in [9.17, 15) is 0 Å². The first-order valence-electron chi connectivity index (χ1n) is 13.9. The van der Waals surface area contributed by atoms with Crippen LogP contribution in [0.3, 0.4) is 0 Å². The van der Waals surface area contributed by atoms with Crippen molar-refractivity contribution in [2.45, 2.75) is 84.5 Å². The summed E-state index contributed by atoms with van der Waals surface area (Å²) in [7, 11) is 0. The maximum absolute atomic E-state index is 4.36. The molecule has 1 heteroatoms. The molecule has 188 valence electrons. The SMILES string of the molecule is C=C(CCC1=CCCC=C1)C(=C)C[C@@H](C)C(C)CN/C=C/CC(CC)c1ccc2c(c1)C=CCC2. The lowest BCUT2D eigenvalue weighted by molar-refractivity contribution is 0.379. The fourth-order valence-electron chi connectivity index (χ4n) is 5.07. The van der Waals surface area contributed by atoms with Gasteiger partial charge in [-0.1, -0.05) is 105 Å². The second kappa shape index (κ2) is 14.1. The van der Waals surface area contributed by atoms with Crippen LogP contribution in [-0.2, 0) is 6.42 Å². The molecule has 0 aromatic heterocycles. The Labute approximate surface area is 215 Å². The van der Waals surface area contributed by atoms with Crippen molar-refractivity contribution in [3.63, 3.8) is 0 Å². The molecule has 0 aliphatic heterocycles. The highest BCUT2D eigenvalue weighted by atomic mass is 14.8. The van der Waals surface area contributed by atoms with Crippen LogP contribution in [-0.4, -0.2) is 6.54 Å². The molecule has 0 amide bonds. The first-order chi connectivity index (χ1) is 17.0. The molecule has 0 spiro atoms. The molecule has 2 aliphatic carbocycles. The fraction of sp³-hybridized carbons (Fsp3) is 0.471. The van der Waals surface area contributed by atoms with Crippen molar-refractivity contribution in [3.05, 3.63) is 101 Å². The van der Waals surface area contributed by atoms with Gasteiger partial charge in [0.25, 0.3) is 0 Å². The molecule has 1 N–H and O–H groups in total. The minimum absolute atomic E-state index is 0.583. The largest absolute Gasteiger partial charge is 0.391 e. The number of allylic oxidation sites excluding steroid dienone is 8. The van der Waals surface area contributed by atoms with Crippen molar-refractivity contribution in [2.75, 3.05) is 6.54 Å². The van der Waals surface area contributed by atoms with Crippen LogP contribution in [0.15, 0.2) is 84.7 Å². The lowest BCUT2D eigenvalue weighted by atomic mass is 9.86. The Hall–Kier alpha value is -2.54. The van der Waals surface area contributed by atoms with Gasteiger partial charge in [-0.05, 0) is 98.4 Å². The summed E-state index contributed by atoms with van der Waals surface area (Å²) in [6.45, 7) is 16.7. The second-order valence-corrected chi connectivity index (χ2v) is 10.7. The zero-order valence-corrected chi connectivity index (χ0v) is 22.5. The maximum Gasteiger partial charge on any atom is 0.0169 e. The van der Waals surface area contributed by atoms with E-state index in [1.807, 2.05) is 0 Å². The molecule has 0 heterocycles. The van der Waals surface area contributed by atoms with E-state index in [2.05, 4.69) is 100 Å². The van der Waals surface area contributed by atoms with Gasteiger partial charge in [0.15, 0.2) is 0 Å². The van der Waals surface area contributed by atoms with Crippen LogP contribution in [0.1, 0.15) is 94.7 Å². The molecule has 2 aliphatic rings. The van der Waals surface area contributed by atoms with Crippen molar-refractivity contribution >= 4 is 6.08 Å². The van der Waals surface area contributed by atoms with E-state index in [1.54, 1.807) is 0 Å². The molecule has 0 radical (unpaired) electrons. The molecule has 0 fully saturated rings. The van der Waals surface area contributed by atoms with Gasteiger partial charge >= 0.3 is 0 Å². The van der Waals surface area contributed by atoms with Gasteiger partial charge in [0.05, 0.1) is 0 Å². The van der Waals surface area contributed by atoms with Crippen LogP contribution < -0.4 is 5.32 Å². The number of fused-ring (bicyclic) bond motifs is 1. The van der Waals surface area contributed by atoms with Crippen molar-refractivity contribution < 1.29 is 0 Å². The van der Waals surface area contributed by atoms with Gasteiger partial charge in [-0.3, -0.25) is 0 Å². The molecule has 0 saturated heterocycles. The highest BCUT2D eigenvalue weighted by Gasteiger charge is 2.15. The van der Waals surface area contributed by atoms with Crippen molar-refractivity contribution in [1.29, 1.82) is 0 Å². The first-order valence-corrected chi connectivity index (χ1v) is 13.9. The Kier molecular flexibility index (Phi) is 10.9. The standard InChI is InChI=1S/C34H47N/c1-6-31(34-21-20-32-15-10-11-16-33(32)24-34)17-12-22-35-25-29(5)28(4)23-27(3)26(2)18-19-30-13-8-7-9-14-30/h8,11-14,16,20-22,24,28-29,31,35H,2-3,6-7,9-10,15,17-19,23,25H2,1,4-5H3/b22-12+/t28-,29?,31?/m1/s1. The van der Waals surface area contributed by atoms with E-state index in [0.29, 0.717) is 17.8 Å². The zero-order chi connectivity index (χ0) is 25.0. The molecule has 0 saturated carbocycles. The van der Waals surface area contributed by atoms with Gasteiger partial charge in [0.1, 0.15) is 0 Å². The van der Waals surface area contributed by atoms with Gasteiger partial charge in [-0.25, -0.2) is 0 Å². The summed E-state index contributed by atoms with van der Waals surface area (Å²) < 4.78 is 0. The van der Waals surface area contributed by atoms with Gasteiger partial charge < -0.3 is 5.32 Å². The molecule has 1 aromatic carbocycles. The van der Waals surface area contributed by atoms with E-state index in [0.717, 1.165) is 32.2 Å². The summed E-state index contributed by atoms with van der Waals surface area (Å²) in [4.78, 5) is 0. The number of hydrogen-bond donors (Lipinski definition) is 1. The molecule has 1 aromatic rings. The van der Waals surface area contributed by atoms with Gasteiger partial charge in [-0.2, -0.15) is 0 Å². The molecular weight excluding hydrogens is 422 g/mol. The number of nitrogens with one attached hydrogen (secondary N) is 1. The third-order valence-corrected chi connectivity index (χ3v) is 7.94. The number of rotatable bonds is 14. The number of hydrogen-bond acceptors (Lipinski definition) is 1. The van der Waals surface area contributed by atoms with Crippen molar-refractivity contribution in [3.8, 4) is 0 Å². The Morgan fingerprint density at radius 2 is 1.86 bits per heavy atom. The van der Waals surface area contributed by atoms with E-state index < -0.39 is 0 Å². The predicted molar refractivity (Wildman–Crippen MR) is 156 cm³/mol. The van der Waals surface area contributed by atoms with Crippen LogP contribution in [0.2, 0.25) is 0 Å². The summed E-state index contributed by atoms with van der Waals surface area (Å²) in [5, 5.41) is 3.56. The normalized spacial score (nSPS) is 17.5. The highest BCUT2D eigenvalue weighted by Crippen LogP contribution is 2.29. The molecule has 3 atom stereocenters. The van der Waals surface area contributed by atoms with Crippen molar-refractivity contribution in [2.24, 2.45) is 11.8 Å². The monoisotopic (exact) mass is 469 g/mol. The lowest BCUT2D eigenvalue weighted by Gasteiger charge is -2.22. The van der Waals surface area contributed by atoms with Crippen LogP contribution in [0.4, 0.5) is 0 Å². The van der Waals surface area contributed by atoms with Crippen LogP contribution in [0, 0.1) is 11.8 Å². The second-order valence-electron chi connectivity index (χ2n) is 10.7. The average molecular weight is 470 g/mol. The Balaban J connectivity index is 1.37. The highest BCUT2D eigenvalue weighted by molar-refractivity contribution is 5.57. The van der Waals surface area contributed by atoms with E-state index in [4.69, 9.17) is 0 Å². The number of aryl methyl sites for hydroxylation is 1. The topological polar surface area (TPSA) is 12.0 Å². The van der Waals surface area contributed by atoms with Crippen LogP contribution in [0.25, 0.3) is 6.08 Å². The molecule has 2 unspecified atom stereocenters. The fourth-order valence-corrected chi connectivity index (χ4v) is 5.07. The smallest absolute Gasteiger partial charge is 0.0169 e. The third kappa shape index (κ3) is 8.57. The van der Waals surface area contributed by atoms with Crippen molar-refractivity contribution in [1.82, 2.24) is 5.32 Å². The van der Waals surface area contributed by atoms with E-state index in [-0.39, 0.29) is 0 Å². The van der Waals surface area contributed by atoms with Gasteiger partial charge in [-0.15, -0.1) is 0 Å². The Morgan fingerprint density at radius 3 is 2.63 bits per heavy atom. The van der Waals surface area contributed by atoms with Crippen LogP contribution >= 0.6 is 0 Å². The lowest BCUT2D eigenvalue weighted by Crippen LogP contribution is -2.21. The predicted octanol–water partition coefficient (Wildman–Crippen LogP) is 9.46. The zero-order valence-electron chi connectivity index (χ0n) is 22.5. The Morgan fingerprint density at radius 1 is 1.03 bits per heavy atom. The van der Waals surface area contributed by atoms with Gasteiger partial charge in [0, 0.05) is 6.54 Å². The quantitative estimate of drug-likeness (QED) is 0.267. The minimum atomic E-state index is 0.583. The Bertz CT molecular complexity index is 970. The molecule has 3 rings (SSSR count). The molecule has 35 heavy (non-hydrogen) atoms. The van der Waals surface area contributed by atoms with E-state index in [1.165, 1.54) is 65.5 Å². The summed E-state index contributed by atoms with van der Waals surface area (Å²) in [6.07, 6.45) is 26.1. The summed E-state index contributed by atoms with van der Waals surface area (Å²) in [5.41, 5.74) is 8.29. The van der Waals surface area contributed by atoms with Gasteiger partial charge in [0.2, 0.25) is 0 Å². The minimum Gasteiger partial charge on any atom is -0.391 e. The molecule has 0 bridgehead atoms. The summed E-state index contributed by atoms with van der Waals surface area (Å²) in [5.74, 6) is 1.75. The third-order valence-electron chi connectivity index (χ3n) is 7.94. The maximum atomic E-state index is 4.36. The molecular formula is C34H47N. The first kappa shape index (κ1) is 27.1. The van der Waals surface area contributed by atoms with Crippen LogP contribution in [0.5, 0.6) is 0 Å². The molecule has 1 nitrogen and oxygen atoms in total. The average Bonchev–Trinajstić information content (AvgIpc) is 2.89. The summed E-state index contributed by atoms with van der Waals surface area (Å²) >= 11 is 0.